The molecule has 0 bridgehead atoms. The minimum absolute atomic E-state index is 0.344. The second-order valence-electron chi connectivity index (χ2n) is 7.42. The van der Waals surface area contributed by atoms with Crippen molar-refractivity contribution in [3.8, 4) is 5.75 Å². The normalized spacial score (nSPS) is 10.8. The molecule has 0 aliphatic carbocycles. The maximum Gasteiger partial charge on any atom is 0.329 e. The molecule has 0 atom stereocenters. The third-order valence-electron chi connectivity index (χ3n) is 5.09. The predicted molar refractivity (Wildman–Crippen MR) is 137 cm³/mol. The summed E-state index contributed by atoms with van der Waals surface area (Å²) in [6, 6.07) is 18.2. The molecule has 34 heavy (non-hydrogen) atoms. The van der Waals surface area contributed by atoms with Crippen molar-refractivity contribution in [2.75, 3.05) is 5.32 Å². The van der Waals surface area contributed by atoms with Gasteiger partial charge >= 0.3 is 11.8 Å². The van der Waals surface area contributed by atoms with Crippen molar-refractivity contribution >= 4 is 46.9 Å². The first-order chi connectivity index (χ1) is 16.4. The van der Waals surface area contributed by atoms with Gasteiger partial charge in [0, 0.05) is 10.7 Å². The van der Waals surface area contributed by atoms with E-state index in [4.69, 9.17) is 27.9 Å². The summed E-state index contributed by atoms with van der Waals surface area (Å²) in [6.45, 7) is 4.33. The number of nitrogens with one attached hydrogen (secondary N) is 2. The first-order valence-electron chi connectivity index (χ1n) is 10.8. The highest BCUT2D eigenvalue weighted by molar-refractivity contribution is 6.39. The monoisotopic (exact) mass is 497 g/mol. The SMILES string of the molecule is CCc1cccc(CC)c1NC(=O)C(=O)N/N=C\c1ccc(OCc2ccc(Cl)cc2)c(Cl)c1. The minimum Gasteiger partial charge on any atom is -0.487 e. The van der Waals surface area contributed by atoms with E-state index in [-0.39, 0.29) is 0 Å². The summed E-state index contributed by atoms with van der Waals surface area (Å²) in [5.74, 6) is -1.13. The number of carbonyl (C=O) groups excluding carboxylic acids is 2. The maximum absolute atomic E-state index is 12.4. The number of rotatable bonds is 8. The molecule has 0 aromatic heterocycles. The first kappa shape index (κ1) is 25.3. The fraction of sp³-hybridized carbons (Fsp3) is 0.192. The molecular weight excluding hydrogens is 473 g/mol. The summed E-state index contributed by atoms with van der Waals surface area (Å²) in [5.41, 5.74) is 6.45. The van der Waals surface area contributed by atoms with Crippen LogP contribution in [0, 0.1) is 0 Å². The minimum atomic E-state index is -0.863. The molecule has 8 heteroatoms. The van der Waals surface area contributed by atoms with Crippen molar-refractivity contribution in [3.63, 3.8) is 0 Å². The Morgan fingerprint density at radius 1 is 0.941 bits per heavy atom. The van der Waals surface area contributed by atoms with Crippen LogP contribution in [-0.2, 0) is 29.0 Å². The number of amides is 2. The summed E-state index contributed by atoms with van der Waals surface area (Å²) in [6.07, 6.45) is 2.88. The number of para-hydroxylation sites is 1. The number of hydrogen-bond acceptors (Lipinski definition) is 4. The molecule has 0 saturated heterocycles. The summed E-state index contributed by atoms with van der Waals surface area (Å²) in [5, 5.41) is 7.62. The molecule has 0 aliphatic rings. The Bertz CT molecular complexity index is 1170. The van der Waals surface area contributed by atoms with Crippen LogP contribution >= 0.6 is 23.2 Å². The van der Waals surface area contributed by atoms with E-state index in [1.807, 2.05) is 44.2 Å². The number of halogens is 2. The number of hydrogen-bond donors (Lipinski definition) is 2. The lowest BCUT2D eigenvalue weighted by molar-refractivity contribution is -0.136. The zero-order valence-electron chi connectivity index (χ0n) is 18.9. The molecular formula is C26H25Cl2N3O3. The zero-order chi connectivity index (χ0) is 24.5. The van der Waals surface area contributed by atoms with Gasteiger partial charge in [-0.25, -0.2) is 5.43 Å². The van der Waals surface area contributed by atoms with Gasteiger partial charge in [-0.15, -0.1) is 0 Å². The Hall–Kier alpha value is -3.35. The lowest BCUT2D eigenvalue weighted by Crippen LogP contribution is -2.33. The van der Waals surface area contributed by atoms with Crippen molar-refractivity contribution in [2.24, 2.45) is 5.10 Å². The van der Waals surface area contributed by atoms with E-state index in [2.05, 4.69) is 15.8 Å². The lowest BCUT2D eigenvalue weighted by Gasteiger charge is -2.13. The molecule has 0 radical (unpaired) electrons. The highest BCUT2D eigenvalue weighted by atomic mass is 35.5. The van der Waals surface area contributed by atoms with Crippen LogP contribution < -0.4 is 15.5 Å². The fourth-order valence-electron chi connectivity index (χ4n) is 3.25. The maximum atomic E-state index is 12.4. The molecule has 6 nitrogen and oxygen atoms in total. The Morgan fingerprint density at radius 2 is 1.62 bits per heavy atom. The van der Waals surface area contributed by atoms with Gasteiger partial charge in [-0.2, -0.15) is 5.10 Å². The van der Waals surface area contributed by atoms with Crippen molar-refractivity contribution < 1.29 is 14.3 Å². The largest absolute Gasteiger partial charge is 0.487 e. The van der Waals surface area contributed by atoms with Crippen LogP contribution in [0.4, 0.5) is 5.69 Å². The number of benzene rings is 3. The number of hydrazone groups is 1. The van der Waals surface area contributed by atoms with Crippen LogP contribution in [0.15, 0.2) is 65.8 Å². The average molecular weight is 498 g/mol. The van der Waals surface area contributed by atoms with E-state index in [1.54, 1.807) is 30.3 Å². The number of anilines is 1. The lowest BCUT2D eigenvalue weighted by atomic mass is 10.0. The average Bonchev–Trinajstić information content (AvgIpc) is 2.84. The first-order valence-corrected chi connectivity index (χ1v) is 11.6. The van der Waals surface area contributed by atoms with Crippen LogP contribution in [0.3, 0.4) is 0 Å². The van der Waals surface area contributed by atoms with Crippen LogP contribution in [0.2, 0.25) is 10.0 Å². The quantitative estimate of drug-likeness (QED) is 0.235. The summed E-state index contributed by atoms with van der Waals surface area (Å²) in [4.78, 5) is 24.6. The van der Waals surface area contributed by atoms with Crippen molar-refractivity contribution in [1.29, 1.82) is 0 Å². The van der Waals surface area contributed by atoms with Crippen LogP contribution in [-0.4, -0.2) is 18.0 Å². The third-order valence-corrected chi connectivity index (χ3v) is 5.63. The van der Waals surface area contributed by atoms with Crippen LogP contribution in [0.1, 0.15) is 36.1 Å². The van der Waals surface area contributed by atoms with Crippen LogP contribution in [0.25, 0.3) is 0 Å². The summed E-state index contributed by atoms with van der Waals surface area (Å²) >= 11 is 12.2. The Kier molecular flexibility index (Phi) is 9.08. The van der Waals surface area contributed by atoms with Gasteiger partial charge < -0.3 is 10.1 Å². The van der Waals surface area contributed by atoms with Gasteiger partial charge in [0.25, 0.3) is 0 Å². The molecule has 0 fully saturated rings. The number of carbonyl (C=O) groups is 2. The van der Waals surface area contributed by atoms with E-state index in [0.717, 1.165) is 29.5 Å². The Labute approximate surface area is 208 Å². The second-order valence-corrected chi connectivity index (χ2v) is 8.26. The summed E-state index contributed by atoms with van der Waals surface area (Å²) < 4.78 is 5.74. The number of ether oxygens (including phenoxy) is 1. The van der Waals surface area contributed by atoms with E-state index in [9.17, 15) is 9.59 Å². The molecule has 0 heterocycles. The highest BCUT2D eigenvalue weighted by Gasteiger charge is 2.16. The highest BCUT2D eigenvalue weighted by Crippen LogP contribution is 2.26. The molecule has 0 saturated carbocycles. The Morgan fingerprint density at radius 3 is 2.24 bits per heavy atom. The van der Waals surface area contributed by atoms with Crippen molar-refractivity contribution in [2.45, 2.75) is 33.3 Å². The molecule has 176 valence electrons. The Balaban J connectivity index is 1.56. The molecule has 3 rings (SSSR count). The van der Waals surface area contributed by atoms with Gasteiger partial charge in [0.2, 0.25) is 0 Å². The molecule has 2 N–H and O–H groups in total. The number of nitrogens with zero attached hydrogens (tertiary/aromatic N) is 1. The fourth-order valence-corrected chi connectivity index (χ4v) is 3.62. The topological polar surface area (TPSA) is 79.8 Å². The van der Waals surface area contributed by atoms with E-state index >= 15 is 0 Å². The molecule has 3 aromatic rings. The zero-order valence-corrected chi connectivity index (χ0v) is 20.4. The van der Waals surface area contributed by atoms with Crippen molar-refractivity contribution in [3.05, 3.63) is 93.0 Å². The van der Waals surface area contributed by atoms with Gasteiger partial charge in [0.05, 0.1) is 11.2 Å². The van der Waals surface area contributed by atoms with Gasteiger partial charge in [-0.3, -0.25) is 9.59 Å². The summed E-state index contributed by atoms with van der Waals surface area (Å²) in [7, 11) is 0. The third kappa shape index (κ3) is 6.83. The van der Waals surface area contributed by atoms with Crippen molar-refractivity contribution in [1.82, 2.24) is 5.43 Å². The second kappa shape index (κ2) is 12.2. The van der Waals surface area contributed by atoms with E-state index in [0.29, 0.717) is 33.7 Å². The van der Waals surface area contributed by atoms with Gasteiger partial charge in [0.15, 0.2) is 0 Å². The number of aryl methyl sites for hydroxylation is 2. The molecule has 0 aliphatic heterocycles. The molecule has 3 aromatic carbocycles. The van der Waals surface area contributed by atoms with Gasteiger partial charge in [-0.05, 0) is 65.4 Å². The van der Waals surface area contributed by atoms with E-state index in [1.165, 1.54) is 6.21 Å². The van der Waals surface area contributed by atoms with Gasteiger partial charge in [-0.1, -0.05) is 67.4 Å². The molecule has 0 spiro atoms. The molecule has 2 amide bonds. The smallest absolute Gasteiger partial charge is 0.329 e. The van der Waals surface area contributed by atoms with E-state index < -0.39 is 11.8 Å². The van der Waals surface area contributed by atoms with Gasteiger partial charge in [0.1, 0.15) is 12.4 Å². The van der Waals surface area contributed by atoms with Crippen LogP contribution in [0.5, 0.6) is 5.75 Å². The molecule has 0 unspecified atom stereocenters. The predicted octanol–water partition coefficient (Wildman–Crippen LogP) is 5.79. The standard InChI is InChI=1S/C26H25Cl2N3O3/c1-3-19-6-5-7-20(4-2)24(19)30-25(32)26(33)31-29-15-18-10-13-23(22(28)14-18)34-16-17-8-11-21(27)12-9-17/h5-15H,3-4,16H2,1-2H3,(H,30,32)(H,31,33)/b29-15-.